The molecule has 5 nitrogen and oxygen atoms in total. The van der Waals surface area contributed by atoms with Gasteiger partial charge in [-0.25, -0.2) is 4.39 Å². The topological polar surface area (TPSA) is 64.4 Å². The lowest BCUT2D eigenvalue weighted by atomic mass is 10.2. The molecule has 18 heavy (non-hydrogen) atoms. The smallest absolute Gasteiger partial charge is 0.292 e. The number of rotatable bonds is 4. The zero-order valence-corrected chi connectivity index (χ0v) is 10.1. The molecule has 2 rings (SSSR count). The van der Waals surface area contributed by atoms with E-state index >= 15 is 0 Å². The Labute approximate surface area is 104 Å². The number of benzene rings is 1. The largest absolute Gasteiger partial charge is 0.381 e. The van der Waals surface area contributed by atoms with E-state index in [1.165, 1.54) is 6.07 Å². The molecule has 1 aromatic carbocycles. The van der Waals surface area contributed by atoms with E-state index in [2.05, 4.69) is 5.32 Å². The van der Waals surface area contributed by atoms with Crippen LogP contribution in [0.25, 0.3) is 0 Å². The summed E-state index contributed by atoms with van der Waals surface area (Å²) in [7, 11) is 1.65. The highest BCUT2D eigenvalue weighted by atomic mass is 19.1. The van der Waals surface area contributed by atoms with Crippen LogP contribution in [-0.2, 0) is 4.74 Å². The van der Waals surface area contributed by atoms with Crippen molar-refractivity contribution in [2.45, 2.75) is 31.4 Å². The maximum atomic E-state index is 13.1. The first-order valence-corrected chi connectivity index (χ1v) is 5.83. The molecule has 0 aliphatic heterocycles. The molecule has 0 spiro atoms. The van der Waals surface area contributed by atoms with Crippen LogP contribution in [0.5, 0.6) is 0 Å². The molecule has 1 fully saturated rings. The van der Waals surface area contributed by atoms with Crippen LogP contribution in [-0.4, -0.2) is 24.2 Å². The molecule has 1 aliphatic rings. The number of halogens is 1. The van der Waals surface area contributed by atoms with Gasteiger partial charge in [-0.1, -0.05) is 0 Å². The van der Waals surface area contributed by atoms with Crippen LogP contribution in [0, 0.1) is 15.9 Å². The van der Waals surface area contributed by atoms with E-state index in [4.69, 9.17) is 4.74 Å². The fourth-order valence-corrected chi connectivity index (χ4v) is 2.29. The fraction of sp³-hybridized carbons (Fsp3) is 0.500. The maximum absolute atomic E-state index is 13.1. The van der Waals surface area contributed by atoms with Crippen molar-refractivity contribution in [3.05, 3.63) is 34.1 Å². The van der Waals surface area contributed by atoms with E-state index < -0.39 is 10.7 Å². The molecular formula is C12H15FN2O3. The first-order valence-electron chi connectivity index (χ1n) is 5.83. The van der Waals surface area contributed by atoms with E-state index in [1.54, 1.807) is 7.11 Å². The maximum Gasteiger partial charge on any atom is 0.292 e. The second kappa shape index (κ2) is 5.30. The van der Waals surface area contributed by atoms with Crippen molar-refractivity contribution < 1.29 is 14.1 Å². The Morgan fingerprint density at radius 2 is 2.28 bits per heavy atom. The number of methoxy groups -OCH3 is 1. The summed E-state index contributed by atoms with van der Waals surface area (Å²) in [5.41, 5.74) is 0.138. The van der Waals surface area contributed by atoms with E-state index in [9.17, 15) is 14.5 Å². The lowest BCUT2D eigenvalue weighted by Gasteiger charge is -2.14. The van der Waals surface area contributed by atoms with Crippen molar-refractivity contribution in [3.63, 3.8) is 0 Å². The molecule has 1 saturated carbocycles. The van der Waals surface area contributed by atoms with Crippen LogP contribution in [0.3, 0.4) is 0 Å². The number of nitro groups is 1. The Kier molecular flexibility index (Phi) is 3.76. The van der Waals surface area contributed by atoms with Crippen LogP contribution in [0.15, 0.2) is 18.2 Å². The van der Waals surface area contributed by atoms with Crippen molar-refractivity contribution in [1.82, 2.24) is 0 Å². The number of nitrogens with one attached hydrogen (secondary N) is 1. The summed E-state index contributed by atoms with van der Waals surface area (Å²) in [5, 5.41) is 13.9. The Morgan fingerprint density at radius 3 is 2.89 bits per heavy atom. The van der Waals surface area contributed by atoms with E-state index in [0.717, 1.165) is 31.4 Å². The van der Waals surface area contributed by atoms with Gasteiger partial charge in [0.25, 0.3) is 5.69 Å². The predicted octanol–water partition coefficient (Wildman–Crippen LogP) is 2.71. The molecule has 6 heteroatoms. The summed E-state index contributed by atoms with van der Waals surface area (Å²) in [6, 6.07) is 3.53. The Bertz CT molecular complexity index is 453. The monoisotopic (exact) mass is 254 g/mol. The number of nitro benzene ring substituents is 1. The zero-order chi connectivity index (χ0) is 13.1. The summed E-state index contributed by atoms with van der Waals surface area (Å²) >= 11 is 0. The first kappa shape index (κ1) is 12.8. The van der Waals surface area contributed by atoms with Gasteiger partial charge >= 0.3 is 0 Å². The number of hydrogen-bond donors (Lipinski definition) is 1. The number of ether oxygens (including phenoxy) is 1. The molecule has 0 aromatic heterocycles. The highest BCUT2D eigenvalue weighted by Crippen LogP contribution is 2.30. The minimum absolute atomic E-state index is 0.0930. The van der Waals surface area contributed by atoms with Crippen LogP contribution < -0.4 is 5.32 Å². The Balaban J connectivity index is 2.13. The molecule has 0 heterocycles. The first-order chi connectivity index (χ1) is 8.60. The second-order valence-electron chi connectivity index (χ2n) is 4.43. The predicted molar refractivity (Wildman–Crippen MR) is 65.1 cm³/mol. The summed E-state index contributed by atoms with van der Waals surface area (Å²) in [4.78, 5) is 10.3. The summed E-state index contributed by atoms with van der Waals surface area (Å²) in [6.07, 6.45) is 2.74. The van der Waals surface area contributed by atoms with Gasteiger partial charge in [-0.15, -0.1) is 0 Å². The van der Waals surface area contributed by atoms with Crippen molar-refractivity contribution in [2.75, 3.05) is 12.4 Å². The minimum Gasteiger partial charge on any atom is -0.381 e. The van der Waals surface area contributed by atoms with E-state index in [0.29, 0.717) is 0 Å². The normalized spacial score (nSPS) is 23.0. The molecule has 1 aliphatic carbocycles. The molecule has 0 amide bonds. The summed E-state index contributed by atoms with van der Waals surface area (Å²) in [5.74, 6) is -0.482. The van der Waals surface area contributed by atoms with Gasteiger partial charge in [0.05, 0.1) is 11.0 Å². The minimum atomic E-state index is -0.509. The van der Waals surface area contributed by atoms with Crippen LogP contribution in [0.4, 0.5) is 15.8 Å². The molecule has 0 radical (unpaired) electrons. The lowest BCUT2D eigenvalue weighted by molar-refractivity contribution is -0.384. The second-order valence-corrected chi connectivity index (χ2v) is 4.43. The third kappa shape index (κ3) is 2.76. The highest BCUT2D eigenvalue weighted by molar-refractivity contribution is 5.62. The average molecular weight is 254 g/mol. The Morgan fingerprint density at radius 1 is 1.50 bits per heavy atom. The molecule has 98 valence electrons. The van der Waals surface area contributed by atoms with Gasteiger partial charge < -0.3 is 10.1 Å². The van der Waals surface area contributed by atoms with Crippen molar-refractivity contribution >= 4 is 11.4 Å². The van der Waals surface area contributed by atoms with Crippen molar-refractivity contribution in [2.24, 2.45) is 0 Å². The molecular weight excluding hydrogens is 239 g/mol. The van der Waals surface area contributed by atoms with Gasteiger partial charge in [-0.3, -0.25) is 10.1 Å². The lowest BCUT2D eigenvalue weighted by Crippen LogP contribution is -2.18. The molecule has 2 unspecified atom stereocenters. The zero-order valence-electron chi connectivity index (χ0n) is 10.1. The third-order valence-electron chi connectivity index (χ3n) is 3.23. The molecule has 0 saturated heterocycles. The number of anilines is 1. The molecule has 2 atom stereocenters. The average Bonchev–Trinajstić information content (AvgIpc) is 2.76. The molecule has 0 bridgehead atoms. The standard InChI is InChI=1S/C12H15FN2O3/c1-18-10-4-3-9(7-10)14-11-6-8(13)2-5-12(11)15(16)17/h2,5-6,9-10,14H,3-4,7H2,1H3. The SMILES string of the molecule is COC1CCC(Nc2cc(F)ccc2[N+](=O)[O-])C1. The molecule has 1 N–H and O–H groups in total. The fourth-order valence-electron chi connectivity index (χ4n) is 2.29. The van der Waals surface area contributed by atoms with Gasteiger partial charge in [0, 0.05) is 25.3 Å². The van der Waals surface area contributed by atoms with Crippen LogP contribution in [0.2, 0.25) is 0 Å². The van der Waals surface area contributed by atoms with E-state index in [1.807, 2.05) is 0 Å². The number of hydrogen-bond acceptors (Lipinski definition) is 4. The van der Waals surface area contributed by atoms with Crippen LogP contribution >= 0.6 is 0 Å². The highest BCUT2D eigenvalue weighted by Gasteiger charge is 2.26. The quantitative estimate of drug-likeness (QED) is 0.662. The van der Waals surface area contributed by atoms with Gasteiger partial charge in [0.1, 0.15) is 11.5 Å². The van der Waals surface area contributed by atoms with Gasteiger partial charge in [-0.2, -0.15) is 0 Å². The van der Waals surface area contributed by atoms with E-state index in [-0.39, 0.29) is 23.5 Å². The molecule has 1 aromatic rings. The summed E-state index contributed by atoms with van der Waals surface area (Å²) in [6.45, 7) is 0. The van der Waals surface area contributed by atoms with Crippen molar-refractivity contribution in [3.8, 4) is 0 Å². The van der Waals surface area contributed by atoms with Gasteiger partial charge in [0.15, 0.2) is 0 Å². The Hall–Kier alpha value is -1.69. The van der Waals surface area contributed by atoms with Gasteiger partial charge in [-0.05, 0) is 25.3 Å². The third-order valence-corrected chi connectivity index (χ3v) is 3.23. The summed E-state index contributed by atoms with van der Waals surface area (Å²) < 4.78 is 18.4. The number of nitrogens with zero attached hydrogens (tertiary/aromatic N) is 1. The van der Waals surface area contributed by atoms with Crippen molar-refractivity contribution in [1.29, 1.82) is 0 Å². The van der Waals surface area contributed by atoms with Gasteiger partial charge in [0.2, 0.25) is 0 Å². The van der Waals surface area contributed by atoms with Crippen LogP contribution in [0.1, 0.15) is 19.3 Å².